The molecule has 104 valence electrons. The van der Waals surface area contributed by atoms with Crippen molar-refractivity contribution >= 4 is 0 Å². The van der Waals surface area contributed by atoms with E-state index >= 15 is 0 Å². The Morgan fingerprint density at radius 2 is 1.83 bits per heavy atom. The van der Waals surface area contributed by atoms with Gasteiger partial charge in [-0.3, -0.25) is 9.80 Å². The Morgan fingerprint density at radius 1 is 1.11 bits per heavy atom. The second-order valence-electron chi connectivity index (χ2n) is 6.40. The summed E-state index contributed by atoms with van der Waals surface area (Å²) in [6.07, 6.45) is 6.19. The smallest absolute Gasteiger partial charge is 0.0484 e. The van der Waals surface area contributed by atoms with Crippen LogP contribution in [0.3, 0.4) is 0 Å². The molecule has 0 aliphatic carbocycles. The molecule has 0 saturated carbocycles. The van der Waals surface area contributed by atoms with E-state index in [0.717, 1.165) is 38.6 Å². The Labute approximate surface area is 110 Å². The fraction of sp³-hybridized carbons (Fsp3) is 1.00. The first-order chi connectivity index (χ1) is 8.75. The van der Waals surface area contributed by atoms with Crippen LogP contribution in [0.15, 0.2) is 0 Å². The second kappa shape index (κ2) is 5.45. The molecule has 18 heavy (non-hydrogen) atoms. The molecule has 3 heterocycles. The second-order valence-corrected chi connectivity index (χ2v) is 6.40. The summed E-state index contributed by atoms with van der Waals surface area (Å²) in [5.41, 5.74) is 6.51. The number of nitrogens with two attached hydrogens (primary N) is 1. The lowest BCUT2D eigenvalue weighted by Gasteiger charge is -2.37. The molecule has 0 spiro atoms. The first-order valence-electron chi connectivity index (χ1n) is 7.58. The highest BCUT2D eigenvalue weighted by atomic mass is 16.5. The first-order valence-corrected chi connectivity index (χ1v) is 7.58. The lowest BCUT2D eigenvalue weighted by Crippen LogP contribution is -2.53. The van der Waals surface area contributed by atoms with Crippen LogP contribution < -0.4 is 5.73 Å². The number of hydrogen-bond acceptors (Lipinski definition) is 4. The molecule has 1 atom stereocenters. The largest absolute Gasteiger partial charge is 0.381 e. The van der Waals surface area contributed by atoms with Crippen molar-refractivity contribution in [2.75, 3.05) is 45.9 Å². The molecule has 3 rings (SSSR count). The number of likely N-dealkylation sites (tertiary alicyclic amines) is 2. The van der Waals surface area contributed by atoms with Crippen molar-refractivity contribution in [3.05, 3.63) is 0 Å². The fourth-order valence-electron chi connectivity index (χ4n) is 3.74. The van der Waals surface area contributed by atoms with Gasteiger partial charge in [0.05, 0.1) is 0 Å². The van der Waals surface area contributed by atoms with Gasteiger partial charge in [-0.15, -0.1) is 0 Å². The zero-order valence-corrected chi connectivity index (χ0v) is 11.4. The molecule has 4 nitrogen and oxygen atoms in total. The number of rotatable bonds is 3. The minimum absolute atomic E-state index is 0.0121. The quantitative estimate of drug-likeness (QED) is 0.802. The van der Waals surface area contributed by atoms with Crippen molar-refractivity contribution in [3.8, 4) is 0 Å². The van der Waals surface area contributed by atoms with Crippen molar-refractivity contribution in [1.82, 2.24) is 9.80 Å². The van der Waals surface area contributed by atoms with Gasteiger partial charge < -0.3 is 10.5 Å². The van der Waals surface area contributed by atoms with Crippen LogP contribution >= 0.6 is 0 Å². The maximum atomic E-state index is 6.50. The zero-order valence-electron chi connectivity index (χ0n) is 11.4. The Hall–Kier alpha value is -0.160. The summed E-state index contributed by atoms with van der Waals surface area (Å²) in [6.45, 7) is 7.88. The summed E-state index contributed by atoms with van der Waals surface area (Å²) in [5, 5.41) is 0. The average molecular weight is 253 g/mol. The molecule has 3 saturated heterocycles. The number of nitrogens with zero attached hydrogens (tertiary/aromatic N) is 2. The van der Waals surface area contributed by atoms with Crippen LogP contribution in [0.25, 0.3) is 0 Å². The van der Waals surface area contributed by atoms with Gasteiger partial charge in [0, 0.05) is 37.9 Å². The van der Waals surface area contributed by atoms with Crippen molar-refractivity contribution in [3.63, 3.8) is 0 Å². The SMILES string of the molecule is NC1(CN2CCC(N3CCCC3)C2)CCOCC1. The standard InChI is InChI=1S/C14H27N3O/c15-14(4-9-18-10-5-14)12-16-8-3-13(11-16)17-6-1-2-7-17/h13H,1-12,15H2. The molecule has 0 aromatic heterocycles. The van der Waals surface area contributed by atoms with E-state index in [0.29, 0.717) is 0 Å². The van der Waals surface area contributed by atoms with Gasteiger partial charge in [0.15, 0.2) is 0 Å². The van der Waals surface area contributed by atoms with Crippen molar-refractivity contribution in [2.45, 2.75) is 43.7 Å². The summed E-state index contributed by atoms with van der Waals surface area (Å²) >= 11 is 0. The molecule has 3 fully saturated rings. The summed E-state index contributed by atoms with van der Waals surface area (Å²) in [7, 11) is 0. The molecule has 2 N–H and O–H groups in total. The minimum atomic E-state index is 0.0121. The Kier molecular flexibility index (Phi) is 3.89. The molecule has 0 aromatic carbocycles. The fourth-order valence-corrected chi connectivity index (χ4v) is 3.74. The predicted octanol–water partition coefficient (Wildman–Crippen LogP) is 0.664. The Morgan fingerprint density at radius 3 is 2.56 bits per heavy atom. The molecule has 1 unspecified atom stereocenters. The Balaban J connectivity index is 1.49. The highest BCUT2D eigenvalue weighted by Gasteiger charge is 2.35. The topological polar surface area (TPSA) is 41.7 Å². The first kappa shape index (κ1) is 12.9. The average Bonchev–Trinajstić information content (AvgIpc) is 2.99. The molecular formula is C14H27N3O. The zero-order chi connectivity index (χ0) is 12.4. The predicted molar refractivity (Wildman–Crippen MR) is 72.6 cm³/mol. The lowest BCUT2D eigenvalue weighted by molar-refractivity contribution is 0.0400. The van der Waals surface area contributed by atoms with E-state index < -0.39 is 0 Å². The van der Waals surface area contributed by atoms with Crippen LogP contribution in [0.1, 0.15) is 32.1 Å². The molecule has 0 aromatic rings. The highest BCUT2D eigenvalue weighted by molar-refractivity contribution is 4.93. The monoisotopic (exact) mass is 253 g/mol. The van der Waals surface area contributed by atoms with Crippen LogP contribution in [0.5, 0.6) is 0 Å². The van der Waals surface area contributed by atoms with Crippen LogP contribution in [-0.4, -0.2) is 67.3 Å². The van der Waals surface area contributed by atoms with E-state index in [1.165, 1.54) is 45.4 Å². The van der Waals surface area contributed by atoms with E-state index in [1.807, 2.05) is 0 Å². The van der Waals surface area contributed by atoms with Gasteiger partial charge >= 0.3 is 0 Å². The van der Waals surface area contributed by atoms with Gasteiger partial charge in [-0.25, -0.2) is 0 Å². The normalized spacial score (nSPS) is 34.2. The maximum Gasteiger partial charge on any atom is 0.0484 e. The van der Waals surface area contributed by atoms with Gasteiger partial charge in [-0.05, 0) is 51.7 Å². The molecule has 3 aliphatic heterocycles. The molecule has 4 heteroatoms. The van der Waals surface area contributed by atoms with Crippen LogP contribution in [0, 0.1) is 0 Å². The number of hydrogen-bond donors (Lipinski definition) is 1. The maximum absolute atomic E-state index is 6.50. The van der Waals surface area contributed by atoms with Gasteiger partial charge in [-0.2, -0.15) is 0 Å². The van der Waals surface area contributed by atoms with Crippen molar-refractivity contribution < 1.29 is 4.74 Å². The van der Waals surface area contributed by atoms with E-state index in [4.69, 9.17) is 10.5 Å². The van der Waals surface area contributed by atoms with E-state index in [-0.39, 0.29) is 5.54 Å². The van der Waals surface area contributed by atoms with Crippen molar-refractivity contribution in [1.29, 1.82) is 0 Å². The molecule has 3 aliphatic rings. The Bertz CT molecular complexity index is 272. The molecule has 0 bridgehead atoms. The van der Waals surface area contributed by atoms with E-state index in [2.05, 4.69) is 9.80 Å². The van der Waals surface area contributed by atoms with E-state index in [9.17, 15) is 0 Å². The molecule has 0 radical (unpaired) electrons. The van der Waals surface area contributed by atoms with Gasteiger partial charge in [0.2, 0.25) is 0 Å². The summed E-state index contributed by atoms with van der Waals surface area (Å²) < 4.78 is 5.43. The van der Waals surface area contributed by atoms with Gasteiger partial charge in [0.25, 0.3) is 0 Å². The van der Waals surface area contributed by atoms with Gasteiger partial charge in [0.1, 0.15) is 0 Å². The van der Waals surface area contributed by atoms with Crippen LogP contribution in [0.2, 0.25) is 0 Å². The third-order valence-electron chi connectivity index (χ3n) is 4.93. The minimum Gasteiger partial charge on any atom is -0.381 e. The summed E-state index contributed by atoms with van der Waals surface area (Å²) in [4.78, 5) is 5.28. The summed E-state index contributed by atoms with van der Waals surface area (Å²) in [5.74, 6) is 0. The molecule has 0 amide bonds. The van der Waals surface area contributed by atoms with Crippen LogP contribution in [0.4, 0.5) is 0 Å². The van der Waals surface area contributed by atoms with Gasteiger partial charge in [-0.1, -0.05) is 0 Å². The lowest BCUT2D eigenvalue weighted by atomic mass is 9.91. The summed E-state index contributed by atoms with van der Waals surface area (Å²) in [6, 6.07) is 0.802. The highest BCUT2D eigenvalue weighted by Crippen LogP contribution is 2.24. The third-order valence-corrected chi connectivity index (χ3v) is 4.93. The van der Waals surface area contributed by atoms with E-state index in [1.54, 1.807) is 0 Å². The van der Waals surface area contributed by atoms with Crippen LogP contribution in [-0.2, 0) is 4.74 Å². The number of ether oxygens (including phenoxy) is 1. The molecular weight excluding hydrogens is 226 g/mol. The third kappa shape index (κ3) is 2.87. The van der Waals surface area contributed by atoms with Crippen molar-refractivity contribution in [2.24, 2.45) is 5.73 Å².